The average Bonchev–Trinajstić information content (AvgIpc) is 2.87. The summed E-state index contributed by atoms with van der Waals surface area (Å²) in [5.41, 5.74) is 3.20. The third-order valence-corrected chi connectivity index (χ3v) is 3.65. The number of hydrogen-bond donors (Lipinski definition) is 1. The van der Waals surface area contributed by atoms with Gasteiger partial charge in [-0.15, -0.1) is 11.3 Å². The Morgan fingerprint density at radius 1 is 1.30 bits per heavy atom. The Balaban J connectivity index is 2.18. The van der Waals surface area contributed by atoms with Crippen molar-refractivity contribution in [2.24, 2.45) is 0 Å². The summed E-state index contributed by atoms with van der Waals surface area (Å²) in [5.74, 6) is -0.227. The first kappa shape index (κ1) is 15.3. The first-order valence-corrected chi connectivity index (χ1v) is 7.25. The van der Waals surface area contributed by atoms with Crippen LogP contribution in [0.3, 0.4) is 0 Å². The molecule has 0 saturated heterocycles. The lowest BCUT2D eigenvalue weighted by Gasteiger charge is -2.15. The molecule has 0 bridgehead atoms. The SMILES string of the molecule is CC(Nc1cc(Cl)c(OC(F)F)c(Cl)c1)c1cscn1. The van der Waals surface area contributed by atoms with Gasteiger partial charge in [-0.1, -0.05) is 23.2 Å². The topological polar surface area (TPSA) is 34.1 Å². The van der Waals surface area contributed by atoms with Crippen LogP contribution in [0.1, 0.15) is 18.7 Å². The minimum atomic E-state index is -2.97. The number of rotatable bonds is 5. The summed E-state index contributed by atoms with van der Waals surface area (Å²) >= 11 is 13.3. The zero-order valence-electron chi connectivity index (χ0n) is 10.2. The summed E-state index contributed by atoms with van der Waals surface area (Å²) in [6.07, 6.45) is 0. The lowest BCUT2D eigenvalue weighted by Crippen LogP contribution is -2.08. The lowest BCUT2D eigenvalue weighted by atomic mass is 10.2. The quantitative estimate of drug-likeness (QED) is 0.810. The third-order valence-electron chi connectivity index (χ3n) is 2.48. The number of aromatic nitrogens is 1. The van der Waals surface area contributed by atoms with Crippen molar-refractivity contribution in [3.8, 4) is 5.75 Å². The number of thiazole rings is 1. The van der Waals surface area contributed by atoms with E-state index in [0.29, 0.717) is 5.69 Å². The largest absolute Gasteiger partial charge is 0.432 e. The zero-order valence-corrected chi connectivity index (χ0v) is 12.6. The first-order chi connectivity index (χ1) is 9.47. The van der Waals surface area contributed by atoms with Crippen molar-refractivity contribution in [3.63, 3.8) is 0 Å². The van der Waals surface area contributed by atoms with Crippen LogP contribution < -0.4 is 10.1 Å². The van der Waals surface area contributed by atoms with Gasteiger partial charge in [0.2, 0.25) is 0 Å². The van der Waals surface area contributed by atoms with Crippen LogP contribution in [0.25, 0.3) is 0 Å². The third kappa shape index (κ3) is 3.71. The van der Waals surface area contributed by atoms with Gasteiger partial charge in [0.25, 0.3) is 0 Å². The molecule has 1 aromatic heterocycles. The van der Waals surface area contributed by atoms with E-state index < -0.39 is 6.61 Å². The van der Waals surface area contributed by atoms with E-state index in [2.05, 4.69) is 15.0 Å². The molecule has 20 heavy (non-hydrogen) atoms. The van der Waals surface area contributed by atoms with Crippen LogP contribution in [0.2, 0.25) is 10.0 Å². The van der Waals surface area contributed by atoms with Crippen molar-refractivity contribution >= 4 is 40.2 Å². The maximum Gasteiger partial charge on any atom is 0.387 e. The number of anilines is 1. The molecule has 0 aliphatic carbocycles. The molecule has 3 nitrogen and oxygen atoms in total. The van der Waals surface area contributed by atoms with Crippen molar-refractivity contribution in [3.05, 3.63) is 38.8 Å². The van der Waals surface area contributed by atoms with E-state index >= 15 is 0 Å². The van der Waals surface area contributed by atoms with Crippen LogP contribution in [-0.4, -0.2) is 11.6 Å². The van der Waals surface area contributed by atoms with E-state index in [4.69, 9.17) is 23.2 Å². The number of nitrogens with one attached hydrogen (secondary N) is 1. The van der Waals surface area contributed by atoms with Gasteiger partial charge >= 0.3 is 6.61 Å². The fraction of sp³-hybridized carbons (Fsp3) is 0.250. The zero-order chi connectivity index (χ0) is 14.7. The summed E-state index contributed by atoms with van der Waals surface area (Å²) in [6, 6.07) is 2.90. The molecule has 0 aliphatic rings. The molecule has 1 unspecified atom stereocenters. The molecule has 1 N–H and O–H groups in total. The predicted octanol–water partition coefficient (Wildman–Crippen LogP) is 5.22. The van der Waals surface area contributed by atoms with Gasteiger partial charge in [-0.3, -0.25) is 0 Å². The Morgan fingerprint density at radius 2 is 1.95 bits per heavy atom. The van der Waals surface area contributed by atoms with E-state index in [1.807, 2.05) is 12.3 Å². The van der Waals surface area contributed by atoms with Gasteiger partial charge < -0.3 is 10.1 Å². The molecular weight excluding hydrogens is 329 g/mol. The summed E-state index contributed by atoms with van der Waals surface area (Å²) in [6.45, 7) is -1.06. The lowest BCUT2D eigenvalue weighted by molar-refractivity contribution is -0.0497. The Morgan fingerprint density at radius 3 is 2.45 bits per heavy atom. The second kappa shape index (κ2) is 6.56. The summed E-state index contributed by atoms with van der Waals surface area (Å²) < 4.78 is 28.7. The number of halogens is 4. The molecule has 108 valence electrons. The first-order valence-electron chi connectivity index (χ1n) is 5.56. The highest BCUT2D eigenvalue weighted by Crippen LogP contribution is 2.37. The summed E-state index contributed by atoms with van der Waals surface area (Å²) in [5, 5.41) is 5.09. The Labute approximate surface area is 128 Å². The summed E-state index contributed by atoms with van der Waals surface area (Å²) in [4.78, 5) is 4.18. The van der Waals surface area contributed by atoms with E-state index in [1.165, 1.54) is 23.5 Å². The van der Waals surface area contributed by atoms with Crippen LogP contribution in [0, 0.1) is 0 Å². The second-order valence-corrected chi connectivity index (χ2v) is 5.46. The van der Waals surface area contributed by atoms with Crippen molar-refractivity contribution in [2.75, 3.05) is 5.32 Å². The standard InChI is InChI=1S/C12H10Cl2F2N2OS/c1-6(10-4-20-5-17-10)18-7-2-8(13)11(9(14)3-7)19-12(15)16/h2-6,12,18H,1H3. The molecule has 0 fully saturated rings. The molecule has 2 aromatic rings. The number of hydrogen-bond acceptors (Lipinski definition) is 4. The minimum Gasteiger partial charge on any atom is -0.432 e. The van der Waals surface area contributed by atoms with Gasteiger partial charge in [-0.2, -0.15) is 8.78 Å². The Hall–Kier alpha value is -1.11. The fourth-order valence-corrected chi connectivity index (χ4v) is 2.83. The second-order valence-electron chi connectivity index (χ2n) is 3.93. The van der Waals surface area contributed by atoms with Crippen LogP contribution in [0.5, 0.6) is 5.75 Å². The van der Waals surface area contributed by atoms with Crippen LogP contribution in [-0.2, 0) is 0 Å². The normalized spacial score (nSPS) is 12.5. The molecule has 8 heteroatoms. The van der Waals surface area contributed by atoms with Gasteiger partial charge in [0.05, 0.1) is 27.3 Å². The number of ether oxygens (including phenoxy) is 1. The van der Waals surface area contributed by atoms with Gasteiger partial charge in [0.1, 0.15) is 0 Å². The maximum atomic E-state index is 12.2. The Kier molecular flexibility index (Phi) is 5.01. The van der Waals surface area contributed by atoms with Gasteiger partial charge in [0.15, 0.2) is 5.75 Å². The molecular formula is C12H10Cl2F2N2OS. The minimum absolute atomic E-state index is 0.0192. The highest BCUT2D eigenvalue weighted by atomic mass is 35.5. The number of alkyl halides is 2. The molecule has 0 radical (unpaired) electrons. The van der Waals surface area contributed by atoms with Gasteiger partial charge in [0, 0.05) is 11.1 Å². The molecule has 1 atom stereocenters. The monoisotopic (exact) mass is 338 g/mol. The fourth-order valence-electron chi connectivity index (χ4n) is 1.60. The van der Waals surface area contributed by atoms with Crippen LogP contribution in [0.15, 0.2) is 23.0 Å². The average molecular weight is 339 g/mol. The van der Waals surface area contributed by atoms with Crippen molar-refractivity contribution in [1.82, 2.24) is 4.98 Å². The molecule has 0 saturated carbocycles. The molecule has 2 rings (SSSR count). The van der Waals surface area contributed by atoms with Crippen LogP contribution in [0.4, 0.5) is 14.5 Å². The van der Waals surface area contributed by atoms with Gasteiger partial charge in [-0.25, -0.2) is 4.98 Å². The maximum absolute atomic E-state index is 12.2. The molecule has 0 amide bonds. The van der Waals surface area contributed by atoms with E-state index in [1.54, 1.807) is 5.51 Å². The van der Waals surface area contributed by atoms with E-state index in [-0.39, 0.29) is 21.8 Å². The summed E-state index contributed by atoms with van der Waals surface area (Å²) in [7, 11) is 0. The number of benzene rings is 1. The van der Waals surface area contributed by atoms with Crippen molar-refractivity contribution in [1.29, 1.82) is 0 Å². The molecule has 1 heterocycles. The molecule has 1 aromatic carbocycles. The van der Waals surface area contributed by atoms with E-state index in [0.717, 1.165) is 5.69 Å². The van der Waals surface area contributed by atoms with E-state index in [9.17, 15) is 8.78 Å². The van der Waals surface area contributed by atoms with Crippen molar-refractivity contribution in [2.45, 2.75) is 19.6 Å². The van der Waals surface area contributed by atoms with Crippen LogP contribution >= 0.6 is 34.5 Å². The highest BCUT2D eigenvalue weighted by molar-refractivity contribution is 7.07. The van der Waals surface area contributed by atoms with Crippen molar-refractivity contribution < 1.29 is 13.5 Å². The predicted molar refractivity (Wildman–Crippen MR) is 77.2 cm³/mol. The highest BCUT2D eigenvalue weighted by Gasteiger charge is 2.15. The number of nitrogens with zero attached hydrogens (tertiary/aromatic N) is 1. The smallest absolute Gasteiger partial charge is 0.387 e. The van der Waals surface area contributed by atoms with Gasteiger partial charge in [-0.05, 0) is 19.1 Å². The molecule has 0 spiro atoms. The Bertz CT molecular complexity index is 558. The molecule has 0 aliphatic heterocycles.